The van der Waals surface area contributed by atoms with Crippen molar-refractivity contribution in [1.82, 2.24) is 14.6 Å². The van der Waals surface area contributed by atoms with E-state index in [1.807, 2.05) is 0 Å². The minimum atomic E-state index is -4.73. The molecule has 0 spiro atoms. The number of fused-ring (bicyclic) bond motifs is 1. The quantitative estimate of drug-likeness (QED) is 0.504. The predicted molar refractivity (Wildman–Crippen MR) is 106 cm³/mol. The third-order valence-electron chi connectivity index (χ3n) is 4.44. The van der Waals surface area contributed by atoms with Crippen LogP contribution in [0.5, 0.6) is 11.5 Å². The Kier molecular flexibility index (Phi) is 4.97. The van der Waals surface area contributed by atoms with Crippen molar-refractivity contribution in [2.45, 2.75) is 6.18 Å². The van der Waals surface area contributed by atoms with E-state index in [9.17, 15) is 23.1 Å². The van der Waals surface area contributed by atoms with Crippen LogP contribution in [-0.2, 0) is 6.18 Å². The summed E-state index contributed by atoms with van der Waals surface area (Å²) in [5.74, 6) is -0.260. The molecule has 0 saturated carbocycles. The number of carbonyl (C=O) groups excluding carboxylic acids is 1. The number of ether oxygens (including phenoxy) is 1. The summed E-state index contributed by atoms with van der Waals surface area (Å²) in [5, 5.41) is 15.8. The highest BCUT2D eigenvalue weighted by atomic mass is 19.4. The zero-order valence-corrected chi connectivity index (χ0v) is 16.0. The molecule has 0 aliphatic heterocycles. The zero-order valence-electron chi connectivity index (χ0n) is 16.0. The van der Waals surface area contributed by atoms with Gasteiger partial charge in [0.15, 0.2) is 17.0 Å². The number of nitrogens with zero attached hydrogens (tertiary/aromatic N) is 3. The second-order valence-electron chi connectivity index (χ2n) is 6.56. The second-order valence-corrected chi connectivity index (χ2v) is 6.56. The molecular formula is C21H15F3N4O3. The number of alkyl halides is 3. The van der Waals surface area contributed by atoms with Crippen LogP contribution in [0.3, 0.4) is 0 Å². The third-order valence-corrected chi connectivity index (χ3v) is 4.44. The number of hydrogen-bond acceptors (Lipinski definition) is 5. The number of amides is 1. The van der Waals surface area contributed by atoms with Gasteiger partial charge in [0.2, 0.25) is 0 Å². The number of carbonyl (C=O) groups is 1. The Morgan fingerprint density at radius 1 is 1.10 bits per heavy atom. The Morgan fingerprint density at radius 2 is 1.84 bits per heavy atom. The number of phenolic OH excluding ortho intramolecular Hbond substituents is 1. The number of phenols is 1. The van der Waals surface area contributed by atoms with Crippen LogP contribution in [0.25, 0.3) is 16.9 Å². The lowest BCUT2D eigenvalue weighted by Crippen LogP contribution is -2.15. The van der Waals surface area contributed by atoms with Gasteiger partial charge in [0, 0.05) is 23.4 Å². The number of hydrogen-bond donors (Lipinski definition) is 2. The van der Waals surface area contributed by atoms with Crippen molar-refractivity contribution in [3.05, 3.63) is 72.1 Å². The average Bonchev–Trinajstić information content (AvgIpc) is 3.16. The van der Waals surface area contributed by atoms with Crippen LogP contribution in [-0.4, -0.2) is 32.7 Å². The van der Waals surface area contributed by atoms with E-state index in [2.05, 4.69) is 15.4 Å². The number of aromatic nitrogens is 3. The monoisotopic (exact) mass is 428 g/mol. The van der Waals surface area contributed by atoms with Crippen molar-refractivity contribution in [3.8, 4) is 22.8 Å². The molecule has 4 aromatic rings. The topological polar surface area (TPSA) is 88.8 Å². The number of nitrogens with one attached hydrogen (secondary N) is 1. The van der Waals surface area contributed by atoms with Crippen molar-refractivity contribution >= 4 is 17.2 Å². The fraction of sp³-hybridized carbons (Fsp3) is 0.0952. The molecule has 10 heteroatoms. The molecular weight excluding hydrogens is 413 g/mol. The SMILES string of the molecule is COc1ccc(-c2cc(C(F)(F)F)n3nc(C(=O)Nc4cccc(O)c4)cc3n2)cc1. The van der Waals surface area contributed by atoms with Gasteiger partial charge in [-0.3, -0.25) is 4.79 Å². The minimum Gasteiger partial charge on any atom is -0.508 e. The molecule has 2 aromatic carbocycles. The van der Waals surface area contributed by atoms with Crippen molar-refractivity contribution < 1.29 is 27.8 Å². The number of aromatic hydroxyl groups is 1. The molecule has 158 valence electrons. The van der Waals surface area contributed by atoms with Crippen molar-refractivity contribution in [2.75, 3.05) is 12.4 Å². The van der Waals surface area contributed by atoms with Gasteiger partial charge in [-0.25, -0.2) is 9.50 Å². The highest BCUT2D eigenvalue weighted by Gasteiger charge is 2.35. The first-order valence-electron chi connectivity index (χ1n) is 8.97. The van der Waals surface area contributed by atoms with Gasteiger partial charge in [0.25, 0.3) is 5.91 Å². The van der Waals surface area contributed by atoms with E-state index in [-0.39, 0.29) is 28.5 Å². The largest absolute Gasteiger partial charge is 0.508 e. The van der Waals surface area contributed by atoms with Gasteiger partial charge in [-0.05, 0) is 42.5 Å². The molecule has 31 heavy (non-hydrogen) atoms. The molecule has 4 rings (SSSR count). The summed E-state index contributed by atoms with van der Waals surface area (Å²) < 4.78 is 46.7. The summed E-state index contributed by atoms with van der Waals surface area (Å²) in [6.07, 6.45) is -4.73. The molecule has 7 nitrogen and oxygen atoms in total. The highest BCUT2D eigenvalue weighted by molar-refractivity contribution is 6.03. The Labute approximate surface area is 173 Å². The van der Waals surface area contributed by atoms with E-state index in [0.29, 0.717) is 15.8 Å². The van der Waals surface area contributed by atoms with Crippen LogP contribution in [0.15, 0.2) is 60.7 Å². The first-order valence-corrected chi connectivity index (χ1v) is 8.97. The number of methoxy groups -OCH3 is 1. The van der Waals surface area contributed by atoms with Crippen LogP contribution in [0.1, 0.15) is 16.2 Å². The van der Waals surface area contributed by atoms with Crippen LogP contribution in [0, 0.1) is 0 Å². The van der Waals surface area contributed by atoms with Gasteiger partial charge in [-0.1, -0.05) is 6.07 Å². The molecule has 0 radical (unpaired) electrons. The zero-order chi connectivity index (χ0) is 22.2. The molecule has 2 N–H and O–H groups in total. The lowest BCUT2D eigenvalue weighted by Gasteiger charge is -2.11. The maximum atomic E-state index is 13.7. The van der Waals surface area contributed by atoms with Gasteiger partial charge in [-0.15, -0.1) is 0 Å². The Bertz CT molecular complexity index is 1270. The molecule has 0 unspecified atom stereocenters. The second kappa shape index (κ2) is 7.63. The summed E-state index contributed by atoms with van der Waals surface area (Å²) >= 11 is 0. The van der Waals surface area contributed by atoms with Crippen molar-refractivity contribution in [3.63, 3.8) is 0 Å². The summed E-state index contributed by atoms with van der Waals surface area (Å²) in [4.78, 5) is 16.7. The molecule has 1 amide bonds. The van der Waals surface area contributed by atoms with Crippen molar-refractivity contribution in [1.29, 1.82) is 0 Å². The summed E-state index contributed by atoms with van der Waals surface area (Å²) in [6, 6.07) is 14.2. The van der Waals surface area contributed by atoms with Gasteiger partial charge in [0.1, 0.15) is 11.5 Å². The van der Waals surface area contributed by atoms with E-state index in [0.717, 1.165) is 6.07 Å². The van der Waals surface area contributed by atoms with Crippen LogP contribution in [0.2, 0.25) is 0 Å². The van der Waals surface area contributed by atoms with Crippen LogP contribution in [0.4, 0.5) is 18.9 Å². The summed E-state index contributed by atoms with van der Waals surface area (Å²) in [7, 11) is 1.48. The Balaban J connectivity index is 1.77. The number of rotatable bonds is 4. The lowest BCUT2D eigenvalue weighted by atomic mass is 10.1. The predicted octanol–water partition coefficient (Wildman–Crippen LogP) is 4.38. The fourth-order valence-corrected chi connectivity index (χ4v) is 2.98. The maximum absolute atomic E-state index is 13.7. The molecule has 0 saturated heterocycles. The average molecular weight is 428 g/mol. The lowest BCUT2D eigenvalue weighted by molar-refractivity contribution is -0.142. The summed E-state index contributed by atoms with van der Waals surface area (Å²) in [5.41, 5.74) is -0.678. The van der Waals surface area contributed by atoms with E-state index >= 15 is 0 Å². The van der Waals surface area contributed by atoms with E-state index in [1.54, 1.807) is 24.3 Å². The third kappa shape index (κ3) is 4.13. The van der Waals surface area contributed by atoms with Crippen LogP contribution >= 0.6 is 0 Å². The van der Waals surface area contributed by atoms with Crippen LogP contribution < -0.4 is 10.1 Å². The van der Waals surface area contributed by atoms with Gasteiger partial charge < -0.3 is 15.2 Å². The standard InChI is InChI=1S/C21H15F3N4O3/c1-31-15-7-5-12(6-8-15)16-10-18(21(22,23)24)28-19(26-16)11-17(27-28)20(30)25-13-3-2-4-14(29)9-13/h2-11,29H,1H3,(H,25,30). The number of anilines is 1. The first kappa shape index (κ1) is 20.2. The van der Waals surface area contributed by atoms with E-state index in [4.69, 9.17) is 4.74 Å². The molecule has 0 fully saturated rings. The van der Waals surface area contributed by atoms with Gasteiger partial charge >= 0.3 is 6.18 Å². The smallest absolute Gasteiger partial charge is 0.433 e. The van der Waals surface area contributed by atoms with Gasteiger partial charge in [0.05, 0.1) is 12.8 Å². The van der Waals surface area contributed by atoms with Gasteiger partial charge in [-0.2, -0.15) is 18.3 Å². The molecule has 0 aliphatic rings. The molecule has 2 heterocycles. The maximum Gasteiger partial charge on any atom is 0.433 e. The molecule has 0 bridgehead atoms. The number of halogens is 3. The fourth-order valence-electron chi connectivity index (χ4n) is 2.98. The highest BCUT2D eigenvalue weighted by Crippen LogP contribution is 2.32. The van der Waals surface area contributed by atoms with E-state index in [1.165, 1.54) is 37.4 Å². The Hall–Kier alpha value is -4.08. The van der Waals surface area contributed by atoms with Crippen molar-refractivity contribution in [2.24, 2.45) is 0 Å². The summed E-state index contributed by atoms with van der Waals surface area (Å²) in [6.45, 7) is 0. The Morgan fingerprint density at radius 3 is 2.48 bits per heavy atom. The number of benzene rings is 2. The molecule has 0 atom stereocenters. The van der Waals surface area contributed by atoms with E-state index < -0.39 is 17.8 Å². The minimum absolute atomic E-state index is 0.0713. The first-order chi connectivity index (χ1) is 14.7. The molecule has 0 aliphatic carbocycles. The molecule has 2 aromatic heterocycles. The normalized spacial score (nSPS) is 11.5.